The molecule has 1 saturated carbocycles. The molecule has 1 fully saturated rings. The minimum absolute atomic E-state index is 0.0115. The molecule has 158 valence electrons. The van der Waals surface area contributed by atoms with E-state index in [0.29, 0.717) is 27.7 Å². The molecule has 0 unspecified atom stereocenters. The second-order valence-electron chi connectivity index (χ2n) is 7.44. The topological polar surface area (TPSA) is 80.0 Å². The molecule has 0 atom stereocenters. The van der Waals surface area contributed by atoms with Gasteiger partial charge in [0.25, 0.3) is 5.56 Å². The van der Waals surface area contributed by atoms with Gasteiger partial charge in [0.15, 0.2) is 11.5 Å². The minimum atomic E-state index is -2.95. The monoisotopic (exact) mass is 423 g/mol. The van der Waals surface area contributed by atoms with E-state index in [0.717, 1.165) is 24.8 Å². The molecule has 31 heavy (non-hydrogen) atoms. The number of rotatable bonds is 6. The molecule has 1 aliphatic carbocycles. The number of aromatic nitrogens is 3. The first-order valence-electron chi connectivity index (χ1n) is 10.0. The van der Waals surface area contributed by atoms with Crippen molar-refractivity contribution in [3.8, 4) is 33.9 Å². The van der Waals surface area contributed by atoms with Crippen LogP contribution < -0.4 is 15.0 Å². The number of hydrogen-bond acceptors (Lipinski definition) is 4. The largest absolute Gasteiger partial charge is 0.487 e. The van der Waals surface area contributed by atoms with Crippen molar-refractivity contribution in [3.63, 3.8) is 0 Å². The number of fused-ring (bicyclic) bond motifs is 1. The number of alkyl halides is 2. The smallest absolute Gasteiger partial charge is 0.387 e. The van der Waals surface area contributed by atoms with E-state index in [4.69, 9.17) is 4.74 Å². The molecule has 0 saturated heterocycles. The summed E-state index contributed by atoms with van der Waals surface area (Å²) in [4.78, 5) is 15.8. The fourth-order valence-corrected chi connectivity index (χ4v) is 3.79. The van der Waals surface area contributed by atoms with Crippen molar-refractivity contribution in [2.24, 2.45) is 0 Å². The van der Waals surface area contributed by atoms with Gasteiger partial charge in [-0.3, -0.25) is 4.79 Å². The first-order valence-corrected chi connectivity index (χ1v) is 10.0. The quantitative estimate of drug-likeness (QED) is 0.451. The molecule has 0 aliphatic heterocycles. The second kappa shape index (κ2) is 7.86. The molecule has 2 aromatic carbocycles. The third-order valence-electron chi connectivity index (χ3n) is 5.47. The van der Waals surface area contributed by atoms with E-state index in [9.17, 15) is 13.6 Å². The lowest BCUT2D eigenvalue weighted by atomic mass is 9.96. The van der Waals surface area contributed by atoms with Crippen LogP contribution >= 0.6 is 0 Å². The highest BCUT2D eigenvalue weighted by molar-refractivity contribution is 6.03. The number of H-pyrrole nitrogens is 2. The third-order valence-corrected chi connectivity index (χ3v) is 5.47. The normalized spacial score (nSPS) is 14.0. The highest BCUT2D eigenvalue weighted by Gasteiger charge is 2.24. The number of halogens is 2. The summed E-state index contributed by atoms with van der Waals surface area (Å²) in [6.07, 6.45) is 4.33. The Hall–Kier alpha value is -3.68. The lowest BCUT2D eigenvalue weighted by Crippen LogP contribution is -2.25. The van der Waals surface area contributed by atoms with E-state index >= 15 is 0 Å². The predicted octanol–water partition coefficient (Wildman–Crippen LogP) is 5.12. The molecule has 0 spiro atoms. The maximum absolute atomic E-state index is 12.9. The standard InChI is InChI=1S/C23H19F2N3O3/c24-23(25)31-17-10-9-14(11-18(17)30-15-7-4-8-15)21-19(13-5-2-1-3-6-13)20-16(27-21)12-26-28-22(20)29/h1-3,5-6,9-12,15,23,27H,4,7-8H2,(H,28,29). The average molecular weight is 423 g/mol. The van der Waals surface area contributed by atoms with Gasteiger partial charge in [-0.15, -0.1) is 0 Å². The molecule has 2 heterocycles. The van der Waals surface area contributed by atoms with Gasteiger partial charge in [0.2, 0.25) is 0 Å². The Labute approximate surface area is 175 Å². The van der Waals surface area contributed by atoms with Gasteiger partial charge in [-0.2, -0.15) is 13.9 Å². The molecular weight excluding hydrogens is 404 g/mol. The van der Waals surface area contributed by atoms with Crippen LogP contribution in [0.25, 0.3) is 33.3 Å². The number of ether oxygens (including phenoxy) is 2. The maximum atomic E-state index is 12.9. The van der Waals surface area contributed by atoms with Gasteiger partial charge in [0, 0.05) is 11.1 Å². The Morgan fingerprint density at radius 3 is 2.55 bits per heavy atom. The van der Waals surface area contributed by atoms with Gasteiger partial charge in [0.1, 0.15) is 0 Å². The van der Waals surface area contributed by atoms with Crippen LogP contribution in [0.15, 0.2) is 59.5 Å². The fourth-order valence-electron chi connectivity index (χ4n) is 3.79. The summed E-state index contributed by atoms with van der Waals surface area (Å²) in [6.45, 7) is -2.95. The molecule has 6 nitrogen and oxygen atoms in total. The summed E-state index contributed by atoms with van der Waals surface area (Å²) in [6, 6.07) is 14.3. The minimum Gasteiger partial charge on any atom is -0.487 e. The Morgan fingerprint density at radius 1 is 1.03 bits per heavy atom. The zero-order valence-corrected chi connectivity index (χ0v) is 16.4. The molecule has 0 radical (unpaired) electrons. The zero-order chi connectivity index (χ0) is 21.4. The Kier molecular flexibility index (Phi) is 4.89. The fraction of sp³-hybridized carbons (Fsp3) is 0.217. The van der Waals surface area contributed by atoms with Gasteiger partial charge >= 0.3 is 6.61 Å². The summed E-state index contributed by atoms with van der Waals surface area (Å²) in [5.41, 5.74) is 3.16. The van der Waals surface area contributed by atoms with Gasteiger partial charge in [0.05, 0.1) is 28.9 Å². The number of nitrogens with one attached hydrogen (secondary N) is 2. The number of nitrogens with zero attached hydrogens (tertiary/aromatic N) is 1. The van der Waals surface area contributed by atoms with E-state index < -0.39 is 6.61 Å². The van der Waals surface area contributed by atoms with Crippen LogP contribution in [-0.2, 0) is 0 Å². The predicted molar refractivity (Wildman–Crippen MR) is 112 cm³/mol. The van der Waals surface area contributed by atoms with E-state index in [2.05, 4.69) is 19.9 Å². The number of aromatic amines is 2. The van der Waals surface area contributed by atoms with E-state index in [1.54, 1.807) is 18.3 Å². The highest BCUT2D eigenvalue weighted by atomic mass is 19.3. The van der Waals surface area contributed by atoms with Crippen LogP contribution in [0, 0.1) is 0 Å². The van der Waals surface area contributed by atoms with E-state index in [1.165, 1.54) is 6.07 Å². The lowest BCUT2D eigenvalue weighted by molar-refractivity contribution is -0.0526. The van der Waals surface area contributed by atoms with Crippen LogP contribution in [0.3, 0.4) is 0 Å². The first-order chi connectivity index (χ1) is 15.1. The summed E-state index contributed by atoms with van der Waals surface area (Å²) >= 11 is 0. The summed E-state index contributed by atoms with van der Waals surface area (Å²) in [7, 11) is 0. The first kappa shape index (κ1) is 19.3. The van der Waals surface area contributed by atoms with Crippen molar-refractivity contribution >= 4 is 10.9 Å². The Morgan fingerprint density at radius 2 is 1.84 bits per heavy atom. The van der Waals surface area contributed by atoms with Gasteiger partial charge in [-0.25, -0.2) is 5.10 Å². The SMILES string of the molecule is O=c1[nH]ncc2[nH]c(-c3ccc(OC(F)F)c(OC4CCC4)c3)c(-c3ccccc3)c12. The van der Waals surface area contributed by atoms with Crippen LogP contribution in [0.5, 0.6) is 11.5 Å². The van der Waals surface area contributed by atoms with Crippen molar-refractivity contribution in [2.45, 2.75) is 32.0 Å². The van der Waals surface area contributed by atoms with Crippen LogP contribution in [0.1, 0.15) is 19.3 Å². The van der Waals surface area contributed by atoms with Gasteiger partial charge < -0.3 is 14.5 Å². The third kappa shape index (κ3) is 3.65. The van der Waals surface area contributed by atoms with Crippen LogP contribution in [0.2, 0.25) is 0 Å². The molecule has 4 aromatic rings. The van der Waals surface area contributed by atoms with Crippen molar-refractivity contribution in [3.05, 3.63) is 65.1 Å². The Bertz CT molecular complexity index is 1280. The molecule has 0 bridgehead atoms. The molecule has 0 amide bonds. The summed E-state index contributed by atoms with van der Waals surface area (Å²) in [5, 5.41) is 6.84. The maximum Gasteiger partial charge on any atom is 0.387 e. The van der Waals surface area contributed by atoms with Crippen molar-refractivity contribution in [2.75, 3.05) is 0 Å². The van der Waals surface area contributed by atoms with Crippen LogP contribution in [-0.4, -0.2) is 27.9 Å². The van der Waals surface area contributed by atoms with Crippen molar-refractivity contribution in [1.82, 2.24) is 15.2 Å². The Balaban J connectivity index is 1.69. The number of hydrogen-bond donors (Lipinski definition) is 2. The number of benzene rings is 2. The molecule has 1 aliphatic rings. The lowest BCUT2D eigenvalue weighted by Gasteiger charge is -2.27. The van der Waals surface area contributed by atoms with Crippen LogP contribution in [0.4, 0.5) is 8.78 Å². The highest BCUT2D eigenvalue weighted by Crippen LogP contribution is 2.41. The molecule has 8 heteroatoms. The van der Waals surface area contributed by atoms with Gasteiger partial charge in [-0.05, 0) is 43.0 Å². The molecule has 5 rings (SSSR count). The summed E-state index contributed by atoms with van der Waals surface area (Å²) < 4.78 is 36.4. The second-order valence-corrected chi connectivity index (χ2v) is 7.44. The van der Waals surface area contributed by atoms with Crippen molar-refractivity contribution < 1.29 is 18.3 Å². The van der Waals surface area contributed by atoms with Gasteiger partial charge in [-0.1, -0.05) is 30.3 Å². The molecular formula is C23H19F2N3O3. The van der Waals surface area contributed by atoms with E-state index in [1.807, 2.05) is 30.3 Å². The summed E-state index contributed by atoms with van der Waals surface area (Å²) in [5.74, 6) is 0.245. The molecule has 2 N–H and O–H groups in total. The zero-order valence-electron chi connectivity index (χ0n) is 16.4. The average Bonchev–Trinajstić information content (AvgIpc) is 3.13. The van der Waals surface area contributed by atoms with E-state index in [-0.39, 0.29) is 23.2 Å². The molecule has 2 aromatic heterocycles. The van der Waals surface area contributed by atoms with Crippen molar-refractivity contribution in [1.29, 1.82) is 0 Å².